The van der Waals surface area contributed by atoms with Crippen LogP contribution in [-0.4, -0.2) is 15.0 Å². The van der Waals surface area contributed by atoms with Gasteiger partial charge in [-0.1, -0.05) is 27.7 Å². The minimum atomic E-state index is 0.783. The van der Waals surface area contributed by atoms with Gasteiger partial charge in [0.15, 0.2) is 0 Å². The first-order valence-electron chi connectivity index (χ1n) is 5.39. The van der Waals surface area contributed by atoms with Gasteiger partial charge < -0.3 is 0 Å². The minimum absolute atomic E-state index is 0.783. The Balaban J connectivity index is 0.000000442. The molecule has 0 aliphatic heterocycles. The number of fused-ring (bicyclic) bond motifs is 1. The van der Waals surface area contributed by atoms with Gasteiger partial charge in [-0.25, -0.2) is 9.97 Å². The predicted octanol–water partition coefficient (Wildman–Crippen LogP) is 3.39. The number of hydrogen-bond acceptors (Lipinski definition) is 3. The molecule has 0 atom stereocenters. The van der Waals surface area contributed by atoms with E-state index in [1.54, 1.807) is 18.6 Å². The second-order valence-electron chi connectivity index (χ2n) is 2.35. The molecule has 0 N–H and O–H groups in total. The number of rotatable bonds is 0. The maximum absolute atomic E-state index is 4.20. The van der Waals surface area contributed by atoms with Crippen molar-refractivity contribution in [3.8, 4) is 0 Å². The molecule has 0 aliphatic carbocycles. The average molecular weight is 205 g/mol. The quantitative estimate of drug-likeness (QED) is 0.661. The van der Waals surface area contributed by atoms with E-state index in [0.29, 0.717) is 0 Å². The molecule has 0 radical (unpaired) electrons. The fraction of sp³-hybridized carbons (Fsp3) is 0.417. The van der Waals surface area contributed by atoms with Crippen molar-refractivity contribution in [3.05, 3.63) is 30.5 Å². The number of hydrogen-bond donors (Lipinski definition) is 0. The maximum atomic E-state index is 4.20. The second-order valence-corrected chi connectivity index (χ2v) is 2.35. The topological polar surface area (TPSA) is 38.7 Å². The summed E-state index contributed by atoms with van der Waals surface area (Å²) in [5.74, 6) is 0.783. The van der Waals surface area contributed by atoms with Crippen molar-refractivity contribution < 1.29 is 0 Å². The van der Waals surface area contributed by atoms with E-state index >= 15 is 0 Å². The molecule has 3 heteroatoms. The molecule has 0 fully saturated rings. The van der Waals surface area contributed by atoms with Crippen molar-refractivity contribution in [1.82, 2.24) is 15.0 Å². The van der Waals surface area contributed by atoms with Crippen LogP contribution in [0, 0.1) is 6.92 Å². The molecule has 0 aliphatic rings. The Morgan fingerprint density at radius 2 is 1.67 bits per heavy atom. The van der Waals surface area contributed by atoms with Crippen molar-refractivity contribution in [2.45, 2.75) is 34.6 Å². The summed E-state index contributed by atoms with van der Waals surface area (Å²) in [6.45, 7) is 9.87. The smallest absolute Gasteiger partial charge is 0.125 e. The minimum Gasteiger partial charge on any atom is -0.262 e. The zero-order chi connectivity index (χ0) is 11.7. The van der Waals surface area contributed by atoms with Crippen LogP contribution < -0.4 is 0 Å². The number of aryl methyl sites for hydroxylation is 1. The molecule has 0 bridgehead atoms. The summed E-state index contributed by atoms with van der Waals surface area (Å²) in [5, 5.41) is 1.03. The molecule has 82 valence electrons. The fourth-order valence-corrected chi connectivity index (χ4v) is 0.966. The lowest BCUT2D eigenvalue weighted by atomic mass is 10.3. The molecule has 0 aromatic carbocycles. The third kappa shape index (κ3) is 4.02. The van der Waals surface area contributed by atoms with E-state index in [4.69, 9.17) is 0 Å². The van der Waals surface area contributed by atoms with Gasteiger partial charge in [-0.3, -0.25) is 4.98 Å². The average Bonchev–Trinajstić information content (AvgIpc) is 2.34. The van der Waals surface area contributed by atoms with Crippen LogP contribution in [0.5, 0.6) is 0 Å². The first kappa shape index (κ1) is 13.5. The maximum Gasteiger partial charge on any atom is 0.125 e. The van der Waals surface area contributed by atoms with Gasteiger partial charge >= 0.3 is 0 Å². The summed E-state index contributed by atoms with van der Waals surface area (Å²) in [6.07, 6.45) is 5.28. The Labute approximate surface area is 91.6 Å². The summed E-state index contributed by atoms with van der Waals surface area (Å²) in [7, 11) is 0. The zero-order valence-electron chi connectivity index (χ0n) is 10.2. The molecule has 2 aromatic heterocycles. The molecule has 2 rings (SSSR count). The van der Waals surface area contributed by atoms with Crippen molar-refractivity contribution >= 4 is 10.9 Å². The number of pyridine rings is 1. The van der Waals surface area contributed by atoms with E-state index in [-0.39, 0.29) is 0 Å². The van der Waals surface area contributed by atoms with Crippen LogP contribution in [0.25, 0.3) is 10.9 Å². The molecule has 2 aromatic rings. The second kappa shape index (κ2) is 7.85. The predicted molar refractivity (Wildman–Crippen MR) is 64.8 cm³/mol. The Morgan fingerprint density at radius 1 is 1.00 bits per heavy atom. The molecule has 15 heavy (non-hydrogen) atoms. The van der Waals surface area contributed by atoms with Crippen molar-refractivity contribution in [2.24, 2.45) is 0 Å². The number of nitrogens with zero attached hydrogens (tertiary/aromatic N) is 3. The van der Waals surface area contributed by atoms with Crippen molar-refractivity contribution in [3.63, 3.8) is 0 Å². The first-order chi connectivity index (χ1) is 7.36. The normalized spacial score (nSPS) is 8.33. The van der Waals surface area contributed by atoms with Gasteiger partial charge in [-0.2, -0.15) is 0 Å². The highest BCUT2D eigenvalue weighted by molar-refractivity contribution is 5.75. The molecule has 0 saturated carbocycles. The Kier molecular flexibility index (Phi) is 7.06. The molecule has 3 nitrogen and oxygen atoms in total. The molecule has 0 amide bonds. The Hall–Kier alpha value is -1.51. The highest BCUT2D eigenvalue weighted by Gasteiger charge is 1.93. The van der Waals surface area contributed by atoms with Crippen molar-refractivity contribution in [1.29, 1.82) is 0 Å². The highest BCUT2D eigenvalue weighted by Crippen LogP contribution is 2.06. The largest absolute Gasteiger partial charge is 0.262 e. The fourth-order valence-electron chi connectivity index (χ4n) is 0.966. The van der Waals surface area contributed by atoms with Gasteiger partial charge in [0.25, 0.3) is 0 Å². The van der Waals surface area contributed by atoms with Gasteiger partial charge in [-0.15, -0.1) is 0 Å². The van der Waals surface area contributed by atoms with Crippen LogP contribution in [0.2, 0.25) is 0 Å². The third-order valence-electron chi connectivity index (χ3n) is 1.51. The summed E-state index contributed by atoms with van der Waals surface area (Å²) < 4.78 is 0. The lowest BCUT2D eigenvalue weighted by molar-refractivity contribution is 1.09. The monoisotopic (exact) mass is 205 g/mol. The molecular weight excluding hydrogens is 186 g/mol. The van der Waals surface area contributed by atoms with Gasteiger partial charge in [0.05, 0.1) is 11.7 Å². The van der Waals surface area contributed by atoms with Crippen LogP contribution in [0.1, 0.15) is 33.5 Å². The van der Waals surface area contributed by atoms with Gasteiger partial charge in [-0.05, 0) is 13.0 Å². The summed E-state index contributed by atoms with van der Waals surface area (Å²) >= 11 is 0. The molecule has 0 unspecified atom stereocenters. The summed E-state index contributed by atoms with van der Waals surface area (Å²) in [6, 6.07) is 1.90. The van der Waals surface area contributed by atoms with Gasteiger partial charge in [0.1, 0.15) is 5.82 Å². The van der Waals surface area contributed by atoms with E-state index in [0.717, 1.165) is 16.7 Å². The first-order valence-corrected chi connectivity index (χ1v) is 5.39. The van der Waals surface area contributed by atoms with Crippen LogP contribution >= 0.6 is 0 Å². The standard InChI is InChI=1S/C8H7N3.2C2H6/c1-6-10-4-7-2-3-9-5-8(7)11-6;2*1-2/h2-5H,1H3;2*1-2H3. The Bertz CT molecular complexity index is 385. The number of aromatic nitrogens is 3. The summed E-state index contributed by atoms with van der Waals surface area (Å²) in [5.41, 5.74) is 0.903. The van der Waals surface area contributed by atoms with E-state index in [1.807, 2.05) is 40.7 Å². The van der Waals surface area contributed by atoms with Crippen LogP contribution in [0.15, 0.2) is 24.7 Å². The molecule has 0 spiro atoms. The Morgan fingerprint density at radius 3 is 2.33 bits per heavy atom. The van der Waals surface area contributed by atoms with E-state index in [9.17, 15) is 0 Å². The van der Waals surface area contributed by atoms with E-state index in [1.165, 1.54) is 0 Å². The molecule has 0 saturated heterocycles. The SMILES string of the molecule is CC.CC.Cc1ncc2ccncc2n1. The van der Waals surface area contributed by atoms with Crippen LogP contribution in [0.4, 0.5) is 0 Å². The third-order valence-corrected chi connectivity index (χ3v) is 1.51. The van der Waals surface area contributed by atoms with Gasteiger partial charge in [0.2, 0.25) is 0 Å². The lowest BCUT2D eigenvalue weighted by Gasteiger charge is -1.94. The van der Waals surface area contributed by atoms with Gasteiger partial charge in [0, 0.05) is 17.8 Å². The van der Waals surface area contributed by atoms with E-state index in [2.05, 4.69) is 15.0 Å². The molecular formula is C12H19N3. The van der Waals surface area contributed by atoms with Crippen LogP contribution in [0.3, 0.4) is 0 Å². The highest BCUT2D eigenvalue weighted by atomic mass is 14.9. The van der Waals surface area contributed by atoms with Crippen molar-refractivity contribution in [2.75, 3.05) is 0 Å². The zero-order valence-corrected chi connectivity index (χ0v) is 10.2. The molecule has 2 heterocycles. The van der Waals surface area contributed by atoms with E-state index < -0.39 is 0 Å². The van der Waals surface area contributed by atoms with Crippen LogP contribution in [-0.2, 0) is 0 Å². The lowest BCUT2D eigenvalue weighted by Crippen LogP contribution is -1.87. The summed E-state index contributed by atoms with van der Waals surface area (Å²) in [4.78, 5) is 12.2.